The lowest BCUT2D eigenvalue weighted by Crippen LogP contribution is -2.36. The molecule has 150 valence electrons. The fourth-order valence-electron chi connectivity index (χ4n) is 3.66. The van der Waals surface area contributed by atoms with E-state index in [1.54, 1.807) is 0 Å². The molecule has 1 aromatic heterocycles. The van der Waals surface area contributed by atoms with Crippen molar-refractivity contribution in [2.24, 2.45) is 11.8 Å². The van der Waals surface area contributed by atoms with Crippen LogP contribution in [0.1, 0.15) is 31.2 Å². The van der Waals surface area contributed by atoms with Crippen LogP contribution in [0.3, 0.4) is 0 Å². The third-order valence-corrected chi connectivity index (χ3v) is 5.33. The second-order valence-corrected chi connectivity index (χ2v) is 7.14. The van der Waals surface area contributed by atoms with Gasteiger partial charge in [-0.2, -0.15) is 4.98 Å². The van der Waals surface area contributed by atoms with Gasteiger partial charge in [0.2, 0.25) is 17.6 Å². The van der Waals surface area contributed by atoms with Gasteiger partial charge in [0.1, 0.15) is 6.54 Å². The largest absolute Gasteiger partial charge is 0.454 e. The summed E-state index contributed by atoms with van der Waals surface area (Å²) in [5, 5.41) is 3.89. The Morgan fingerprint density at radius 1 is 1.14 bits per heavy atom. The molecule has 1 aliphatic carbocycles. The van der Waals surface area contributed by atoms with Crippen LogP contribution in [-0.2, 0) is 32.1 Å². The average Bonchev–Trinajstić information content (AvgIpc) is 3.32. The van der Waals surface area contributed by atoms with Gasteiger partial charge in [0.15, 0.2) is 6.61 Å². The van der Waals surface area contributed by atoms with Gasteiger partial charge in [-0.15, -0.1) is 0 Å². The average molecular weight is 395 g/mol. The number of aromatic nitrogens is 2. The first-order chi connectivity index (χ1) is 14.1. The number of hydrogen-bond acceptors (Lipinski definition) is 7. The summed E-state index contributed by atoms with van der Waals surface area (Å²) in [5.41, 5.74) is 2.00. The van der Waals surface area contributed by atoms with Gasteiger partial charge < -0.3 is 9.26 Å². The highest BCUT2D eigenvalue weighted by Gasteiger charge is 2.47. The molecule has 0 spiro atoms. The first-order valence-electron chi connectivity index (χ1n) is 9.64. The summed E-state index contributed by atoms with van der Waals surface area (Å²) >= 11 is 0. The smallest absolute Gasteiger partial charge is 0.326 e. The molecule has 1 aliphatic heterocycles. The molecule has 0 bridgehead atoms. The van der Waals surface area contributed by atoms with Gasteiger partial charge in [-0.25, -0.2) is 0 Å². The molecule has 1 fully saturated rings. The summed E-state index contributed by atoms with van der Waals surface area (Å²) in [6.45, 7) is 1.46. The van der Waals surface area contributed by atoms with Crippen LogP contribution >= 0.6 is 0 Å². The van der Waals surface area contributed by atoms with Crippen molar-refractivity contribution in [3.05, 3.63) is 47.9 Å². The predicted molar refractivity (Wildman–Crippen MR) is 101 cm³/mol. The molecule has 2 atom stereocenters. The molecule has 0 N–H and O–H groups in total. The molecule has 0 saturated carbocycles. The van der Waals surface area contributed by atoms with E-state index >= 15 is 0 Å². The van der Waals surface area contributed by atoms with Crippen LogP contribution in [0.2, 0.25) is 0 Å². The summed E-state index contributed by atoms with van der Waals surface area (Å²) in [7, 11) is 0. The summed E-state index contributed by atoms with van der Waals surface area (Å²) in [5.74, 6) is -1.49. The van der Waals surface area contributed by atoms with Gasteiger partial charge in [-0.1, -0.05) is 48.5 Å². The Morgan fingerprint density at radius 3 is 2.41 bits per heavy atom. The van der Waals surface area contributed by atoms with Crippen molar-refractivity contribution in [1.82, 2.24) is 15.0 Å². The number of esters is 1. The molecule has 2 aromatic rings. The molecule has 4 rings (SSSR count). The van der Waals surface area contributed by atoms with Crippen LogP contribution in [0.25, 0.3) is 11.4 Å². The lowest BCUT2D eigenvalue weighted by atomic mass is 9.85. The first-order valence-corrected chi connectivity index (χ1v) is 9.64. The Bertz CT molecular complexity index is 937. The number of fused-ring (bicyclic) bond motifs is 1. The van der Waals surface area contributed by atoms with Gasteiger partial charge >= 0.3 is 5.97 Å². The van der Waals surface area contributed by atoms with E-state index in [1.807, 2.05) is 36.4 Å². The second-order valence-electron chi connectivity index (χ2n) is 7.14. The Morgan fingerprint density at radius 2 is 1.79 bits per heavy atom. The molecule has 2 heterocycles. The highest BCUT2D eigenvalue weighted by atomic mass is 16.6. The topological polar surface area (TPSA) is 103 Å². The summed E-state index contributed by atoms with van der Waals surface area (Å²) < 4.78 is 10.3. The minimum atomic E-state index is -0.689. The zero-order chi connectivity index (χ0) is 20.4. The third-order valence-electron chi connectivity index (χ3n) is 5.33. The van der Waals surface area contributed by atoms with Crippen LogP contribution in [0, 0.1) is 11.8 Å². The fraction of sp³-hybridized carbons (Fsp3) is 0.381. The number of amides is 2. The number of likely N-dealkylation sites (tertiary alicyclic amines) is 1. The molecule has 8 nitrogen and oxygen atoms in total. The van der Waals surface area contributed by atoms with Crippen LogP contribution in [0.4, 0.5) is 0 Å². The number of imide groups is 1. The quantitative estimate of drug-likeness (QED) is 0.420. The van der Waals surface area contributed by atoms with Gasteiger partial charge in [-0.05, 0) is 24.8 Å². The van der Waals surface area contributed by atoms with E-state index in [9.17, 15) is 14.4 Å². The van der Waals surface area contributed by atoms with Crippen molar-refractivity contribution < 1.29 is 23.6 Å². The van der Waals surface area contributed by atoms with Crippen molar-refractivity contribution in [3.63, 3.8) is 0 Å². The van der Waals surface area contributed by atoms with E-state index < -0.39 is 12.5 Å². The van der Waals surface area contributed by atoms with E-state index in [2.05, 4.69) is 17.1 Å². The predicted octanol–water partition coefficient (Wildman–Crippen LogP) is 2.29. The zero-order valence-corrected chi connectivity index (χ0v) is 16.0. The molecular weight excluding hydrogens is 374 g/mol. The maximum atomic E-state index is 12.4. The zero-order valence-electron chi connectivity index (χ0n) is 16.0. The Hall–Kier alpha value is -3.29. The van der Waals surface area contributed by atoms with Crippen molar-refractivity contribution >= 4 is 17.8 Å². The maximum Gasteiger partial charge on any atom is 0.326 e. The maximum absolute atomic E-state index is 12.4. The van der Waals surface area contributed by atoms with Crippen molar-refractivity contribution in [2.75, 3.05) is 6.54 Å². The van der Waals surface area contributed by atoms with Gasteiger partial charge in [-0.3, -0.25) is 19.3 Å². The van der Waals surface area contributed by atoms with Crippen molar-refractivity contribution in [1.29, 1.82) is 0 Å². The standard InChI is InChI=1S/C21H21N3O5/c1-2-13-7-9-14(10-8-13)19-22-17(29-23-19)12-28-18(25)11-24-20(26)15-5-3-4-6-16(15)21(24)27/h3-4,7-10,15-16H,2,5-6,11-12H2,1H3/t15-,16+. The molecule has 29 heavy (non-hydrogen) atoms. The van der Waals surface area contributed by atoms with E-state index in [-0.39, 0.29) is 36.1 Å². The molecule has 8 heteroatoms. The number of allylic oxidation sites excluding steroid dienone is 2. The van der Waals surface area contributed by atoms with Crippen molar-refractivity contribution in [3.8, 4) is 11.4 Å². The lowest BCUT2D eigenvalue weighted by Gasteiger charge is -2.14. The van der Waals surface area contributed by atoms with Gasteiger partial charge in [0, 0.05) is 5.56 Å². The van der Waals surface area contributed by atoms with Gasteiger partial charge in [0.05, 0.1) is 11.8 Å². The Labute approximate surface area is 167 Å². The molecule has 2 amide bonds. The Balaban J connectivity index is 1.33. The summed E-state index contributed by atoms with van der Waals surface area (Å²) in [6.07, 6.45) is 5.80. The highest BCUT2D eigenvalue weighted by Crippen LogP contribution is 2.34. The minimum Gasteiger partial charge on any atom is -0.454 e. The number of carbonyl (C=O) groups is 3. The number of ether oxygens (including phenoxy) is 1. The van der Waals surface area contributed by atoms with E-state index in [1.165, 1.54) is 5.56 Å². The van der Waals surface area contributed by atoms with Crippen LogP contribution < -0.4 is 0 Å². The molecular formula is C21H21N3O5. The van der Waals surface area contributed by atoms with E-state index in [0.717, 1.165) is 16.9 Å². The molecule has 1 aromatic carbocycles. The monoisotopic (exact) mass is 395 g/mol. The number of aryl methyl sites for hydroxylation is 1. The van der Waals surface area contributed by atoms with E-state index in [0.29, 0.717) is 18.7 Å². The van der Waals surface area contributed by atoms with Crippen molar-refractivity contribution in [2.45, 2.75) is 32.8 Å². The highest BCUT2D eigenvalue weighted by molar-refractivity contribution is 6.07. The molecule has 0 unspecified atom stereocenters. The van der Waals surface area contributed by atoms with Crippen LogP contribution in [0.15, 0.2) is 40.9 Å². The Kier molecular flexibility index (Phi) is 5.24. The fourth-order valence-corrected chi connectivity index (χ4v) is 3.66. The lowest BCUT2D eigenvalue weighted by molar-refractivity contribution is -0.154. The van der Waals surface area contributed by atoms with E-state index in [4.69, 9.17) is 9.26 Å². The number of rotatable bonds is 6. The van der Waals surface area contributed by atoms with Crippen LogP contribution in [0.5, 0.6) is 0 Å². The molecule has 1 saturated heterocycles. The molecule has 0 radical (unpaired) electrons. The number of hydrogen-bond donors (Lipinski definition) is 0. The molecule has 2 aliphatic rings. The SMILES string of the molecule is CCc1ccc(-c2noc(COC(=O)CN3C(=O)[C@H]4CC=CC[C@H]4C3=O)n2)cc1. The number of benzene rings is 1. The normalized spacial score (nSPS) is 20.8. The van der Waals surface area contributed by atoms with Crippen LogP contribution in [-0.4, -0.2) is 39.4 Å². The minimum absolute atomic E-state index is 0.143. The summed E-state index contributed by atoms with van der Waals surface area (Å²) in [6, 6.07) is 7.78. The van der Waals surface area contributed by atoms with Gasteiger partial charge in [0.25, 0.3) is 5.89 Å². The number of nitrogens with zero attached hydrogens (tertiary/aromatic N) is 3. The third kappa shape index (κ3) is 3.83. The second kappa shape index (κ2) is 7.98. The first kappa shape index (κ1) is 19.0. The number of carbonyl (C=O) groups excluding carboxylic acids is 3. The summed E-state index contributed by atoms with van der Waals surface area (Å²) in [4.78, 5) is 42.1.